The Kier molecular flexibility index (Phi) is 3.90. The molecule has 2 aromatic rings. The summed E-state index contributed by atoms with van der Waals surface area (Å²) in [5.41, 5.74) is 6.71. The van der Waals surface area contributed by atoms with Crippen LogP contribution in [0.4, 0.5) is 5.69 Å². The van der Waals surface area contributed by atoms with Gasteiger partial charge in [0.1, 0.15) is 18.7 Å². The first kappa shape index (κ1) is 12.1. The zero-order chi connectivity index (χ0) is 12.8. The van der Waals surface area contributed by atoms with Gasteiger partial charge in [-0.1, -0.05) is 18.2 Å². The number of nitrogens with one attached hydrogen (secondary N) is 1. The number of nitrogens with two attached hydrogens (primary N) is 1. The van der Waals surface area contributed by atoms with Crippen molar-refractivity contribution in [1.29, 1.82) is 0 Å². The Bertz CT molecular complexity index is 516. The first-order valence-electron chi connectivity index (χ1n) is 5.78. The Hall–Kier alpha value is -2.37. The van der Waals surface area contributed by atoms with Gasteiger partial charge in [-0.2, -0.15) is 5.10 Å². The van der Waals surface area contributed by atoms with Crippen LogP contribution in [0.15, 0.2) is 41.7 Å². The molecule has 0 spiro atoms. The first-order valence-corrected chi connectivity index (χ1v) is 5.78. The summed E-state index contributed by atoms with van der Waals surface area (Å²) in [4.78, 5) is 8.36. The van der Waals surface area contributed by atoms with Crippen molar-refractivity contribution in [2.45, 2.75) is 20.0 Å². The second kappa shape index (κ2) is 5.81. The van der Waals surface area contributed by atoms with E-state index >= 15 is 0 Å². The lowest BCUT2D eigenvalue weighted by atomic mass is 10.3. The lowest BCUT2D eigenvalue weighted by molar-refractivity contribution is 0.616. The summed E-state index contributed by atoms with van der Waals surface area (Å²) in [6.07, 6.45) is 1.52. The Labute approximate surface area is 106 Å². The quantitative estimate of drug-likeness (QED) is 0.626. The smallest absolute Gasteiger partial charge is 0.193 e. The minimum Gasteiger partial charge on any atom is -0.370 e. The number of para-hydroxylation sites is 1. The SMILES string of the molecule is CCn1ncnc1CN=C(N)Nc1ccccc1. The summed E-state index contributed by atoms with van der Waals surface area (Å²) < 4.78 is 1.79. The van der Waals surface area contributed by atoms with Crippen LogP contribution in [0, 0.1) is 0 Å². The van der Waals surface area contributed by atoms with Crippen LogP contribution < -0.4 is 11.1 Å². The predicted molar refractivity (Wildman–Crippen MR) is 71.1 cm³/mol. The Balaban J connectivity index is 1.97. The van der Waals surface area contributed by atoms with Gasteiger partial charge in [-0.25, -0.2) is 14.7 Å². The van der Waals surface area contributed by atoms with Crippen LogP contribution in [0.5, 0.6) is 0 Å². The number of nitrogens with zero attached hydrogens (tertiary/aromatic N) is 4. The van der Waals surface area contributed by atoms with Crippen molar-refractivity contribution in [2.24, 2.45) is 10.7 Å². The molecule has 0 bridgehead atoms. The van der Waals surface area contributed by atoms with Gasteiger partial charge in [-0.3, -0.25) is 0 Å². The average Bonchev–Trinajstić information content (AvgIpc) is 2.85. The molecule has 6 heteroatoms. The average molecular weight is 244 g/mol. The van der Waals surface area contributed by atoms with Gasteiger partial charge >= 0.3 is 0 Å². The summed E-state index contributed by atoms with van der Waals surface area (Å²) in [7, 11) is 0. The molecule has 0 aliphatic heterocycles. The van der Waals surface area contributed by atoms with E-state index in [0.717, 1.165) is 18.1 Å². The zero-order valence-corrected chi connectivity index (χ0v) is 10.2. The highest BCUT2D eigenvalue weighted by Crippen LogP contribution is 2.04. The Morgan fingerprint density at radius 1 is 1.39 bits per heavy atom. The molecule has 94 valence electrons. The fraction of sp³-hybridized carbons (Fsp3) is 0.250. The molecular formula is C12H16N6. The maximum Gasteiger partial charge on any atom is 0.193 e. The normalized spacial score (nSPS) is 11.5. The molecule has 0 atom stereocenters. The number of aliphatic imine (C=N–C) groups is 1. The highest BCUT2D eigenvalue weighted by molar-refractivity contribution is 5.92. The molecule has 0 aliphatic rings. The lowest BCUT2D eigenvalue weighted by Gasteiger charge is -2.05. The standard InChI is InChI=1S/C12H16N6/c1-2-18-11(15-9-16-18)8-14-12(13)17-10-6-4-3-5-7-10/h3-7,9H,2,8H2,1H3,(H3,13,14,17). The Morgan fingerprint density at radius 2 is 2.17 bits per heavy atom. The van der Waals surface area contributed by atoms with E-state index in [1.165, 1.54) is 6.33 Å². The molecule has 1 aromatic heterocycles. The van der Waals surface area contributed by atoms with Crippen LogP contribution in [0.3, 0.4) is 0 Å². The molecule has 1 heterocycles. The molecule has 0 amide bonds. The van der Waals surface area contributed by atoms with E-state index in [2.05, 4.69) is 20.4 Å². The summed E-state index contributed by atoms with van der Waals surface area (Å²) in [6.45, 7) is 3.20. The minimum atomic E-state index is 0.367. The first-order chi connectivity index (χ1) is 8.79. The number of benzene rings is 1. The molecule has 2 rings (SSSR count). The van der Waals surface area contributed by atoms with Gasteiger partial charge in [0.25, 0.3) is 0 Å². The van der Waals surface area contributed by atoms with E-state index < -0.39 is 0 Å². The molecule has 1 aromatic carbocycles. The lowest BCUT2D eigenvalue weighted by Crippen LogP contribution is -2.22. The van der Waals surface area contributed by atoms with Crippen molar-refractivity contribution < 1.29 is 0 Å². The van der Waals surface area contributed by atoms with Crippen molar-refractivity contribution >= 4 is 11.6 Å². The predicted octanol–water partition coefficient (Wildman–Crippen LogP) is 1.22. The molecule has 3 N–H and O–H groups in total. The molecular weight excluding hydrogens is 228 g/mol. The van der Waals surface area contributed by atoms with Crippen LogP contribution in [-0.4, -0.2) is 20.7 Å². The number of anilines is 1. The topological polar surface area (TPSA) is 81.1 Å². The summed E-state index contributed by atoms with van der Waals surface area (Å²) in [5.74, 6) is 1.17. The minimum absolute atomic E-state index is 0.367. The van der Waals surface area contributed by atoms with E-state index in [4.69, 9.17) is 5.73 Å². The van der Waals surface area contributed by atoms with Gasteiger partial charge in [0.05, 0.1) is 0 Å². The second-order valence-corrected chi connectivity index (χ2v) is 3.68. The van der Waals surface area contributed by atoms with Crippen molar-refractivity contribution in [3.63, 3.8) is 0 Å². The van der Waals surface area contributed by atoms with E-state index in [1.807, 2.05) is 37.3 Å². The van der Waals surface area contributed by atoms with Crippen LogP contribution >= 0.6 is 0 Å². The zero-order valence-electron chi connectivity index (χ0n) is 10.2. The van der Waals surface area contributed by atoms with Crippen LogP contribution in [0.1, 0.15) is 12.7 Å². The number of aryl methyl sites for hydroxylation is 1. The number of aromatic nitrogens is 3. The van der Waals surface area contributed by atoms with Gasteiger partial charge < -0.3 is 11.1 Å². The fourth-order valence-electron chi connectivity index (χ4n) is 1.54. The van der Waals surface area contributed by atoms with Gasteiger partial charge in [0.15, 0.2) is 5.96 Å². The monoisotopic (exact) mass is 244 g/mol. The van der Waals surface area contributed by atoms with Gasteiger partial charge in [0, 0.05) is 12.2 Å². The summed E-state index contributed by atoms with van der Waals surface area (Å²) in [5, 5.41) is 7.08. The van der Waals surface area contributed by atoms with Crippen LogP contribution in [-0.2, 0) is 13.1 Å². The van der Waals surface area contributed by atoms with E-state index in [9.17, 15) is 0 Å². The maximum absolute atomic E-state index is 5.80. The van der Waals surface area contributed by atoms with E-state index in [0.29, 0.717) is 12.5 Å². The van der Waals surface area contributed by atoms with Crippen molar-refractivity contribution in [2.75, 3.05) is 5.32 Å². The number of hydrogen-bond acceptors (Lipinski definition) is 3. The molecule has 0 aliphatic carbocycles. The number of rotatable bonds is 4. The van der Waals surface area contributed by atoms with Gasteiger partial charge in [0.2, 0.25) is 0 Å². The Morgan fingerprint density at radius 3 is 2.89 bits per heavy atom. The van der Waals surface area contributed by atoms with Gasteiger partial charge in [-0.15, -0.1) is 0 Å². The number of hydrogen-bond donors (Lipinski definition) is 2. The third kappa shape index (κ3) is 3.07. The van der Waals surface area contributed by atoms with Crippen LogP contribution in [0.25, 0.3) is 0 Å². The molecule has 0 radical (unpaired) electrons. The molecule has 18 heavy (non-hydrogen) atoms. The van der Waals surface area contributed by atoms with E-state index in [1.54, 1.807) is 4.68 Å². The third-order valence-electron chi connectivity index (χ3n) is 2.43. The second-order valence-electron chi connectivity index (χ2n) is 3.68. The van der Waals surface area contributed by atoms with E-state index in [-0.39, 0.29) is 0 Å². The summed E-state index contributed by atoms with van der Waals surface area (Å²) in [6, 6.07) is 9.67. The van der Waals surface area contributed by atoms with Crippen molar-refractivity contribution in [3.05, 3.63) is 42.5 Å². The molecule has 6 nitrogen and oxygen atoms in total. The maximum atomic E-state index is 5.80. The molecule has 0 fully saturated rings. The summed E-state index contributed by atoms with van der Waals surface area (Å²) >= 11 is 0. The highest BCUT2D eigenvalue weighted by Gasteiger charge is 2.01. The molecule has 0 unspecified atom stereocenters. The number of guanidine groups is 1. The van der Waals surface area contributed by atoms with Crippen molar-refractivity contribution in [3.8, 4) is 0 Å². The highest BCUT2D eigenvalue weighted by atomic mass is 15.3. The third-order valence-corrected chi connectivity index (χ3v) is 2.43. The largest absolute Gasteiger partial charge is 0.370 e. The fourth-order valence-corrected chi connectivity index (χ4v) is 1.54. The van der Waals surface area contributed by atoms with Crippen molar-refractivity contribution in [1.82, 2.24) is 14.8 Å². The van der Waals surface area contributed by atoms with Gasteiger partial charge in [-0.05, 0) is 19.1 Å². The van der Waals surface area contributed by atoms with Crippen LogP contribution in [0.2, 0.25) is 0 Å². The molecule has 0 saturated heterocycles. The molecule has 0 saturated carbocycles.